The number of amides is 2. The van der Waals surface area contributed by atoms with Crippen LogP contribution in [0.15, 0.2) is 42.5 Å². The van der Waals surface area contributed by atoms with E-state index in [1.165, 1.54) is 11.1 Å². The van der Waals surface area contributed by atoms with E-state index in [4.69, 9.17) is 4.74 Å². The van der Waals surface area contributed by atoms with Crippen molar-refractivity contribution in [2.75, 3.05) is 49.5 Å². The van der Waals surface area contributed by atoms with E-state index >= 15 is 0 Å². The van der Waals surface area contributed by atoms with Crippen LogP contribution in [0.25, 0.3) is 0 Å². The van der Waals surface area contributed by atoms with E-state index in [0.717, 1.165) is 57.2 Å². The third-order valence-electron chi connectivity index (χ3n) is 6.51. The van der Waals surface area contributed by atoms with E-state index < -0.39 is 0 Å². The molecule has 3 aliphatic rings. The van der Waals surface area contributed by atoms with Crippen LogP contribution in [0, 0.1) is 0 Å². The molecule has 1 unspecified atom stereocenters. The first kappa shape index (κ1) is 20.0. The van der Waals surface area contributed by atoms with Gasteiger partial charge in [-0.25, -0.2) is 0 Å². The minimum atomic E-state index is -0.266. The van der Waals surface area contributed by atoms with Crippen LogP contribution in [0.3, 0.4) is 0 Å². The third kappa shape index (κ3) is 4.03. The Morgan fingerprint density at radius 3 is 2.77 bits per heavy atom. The smallest absolute Gasteiger partial charge is 0.244 e. The summed E-state index contributed by atoms with van der Waals surface area (Å²) in [6, 6.07) is 13.7. The van der Waals surface area contributed by atoms with Crippen LogP contribution in [0.2, 0.25) is 0 Å². The molecule has 3 aliphatic heterocycles. The number of fused-ring (bicyclic) bond motifs is 2. The van der Waals surface area contributed by atoms with E-state index in [-0.39, 0.29) is 24.4 Å². The van der Waals surface area contributed by atoms with E-state index in [1.807, 2.05) is 31.2 Å². The summed E-state index contributed by atoms with van der Waals surface area (Å²) < 4.78 is 5.60. The van der Waals surface area contributed by atoms with Gasteiger partial charge in [-0.05, 0) is 36.2 Å². The highest BCUT2D eigenvalue weighted by atomic mass is 16.5. The number of carbonyl (C=O) groups excluding carboxylic acids is 2. The van der Waals surface area contributed by atoms with Gasteiger partial charge in [0.25, 0.3) is 0 Å². The average Bonchev–Trinajstić information content (AvgIpc) is 3.26. The van der Waals surface area contributed by atoms with E-state index in [1.54, 1.807) is 4.90 Å². The molecule has 0 spiro atoms. The number of hydrogen-bond donors (Lipinski definition) is 1. The molecule has 1 saturated heterocycles. The first-order valence-electron chi connectivity index (χ1n) is 11.0. The van der Waals surface area contributed by atoms with Crippen molar-refractivity contribution < 1.29 is 14.3 Å². The monoisotopic (exact) mass is 420 g/mol. The van der Waals surface area contributed by atoms with Crippen molar-refractivity contribution in [3.05, 3.63) is 53.6 Å². The van der Waals surface area contributed by atoms with Gasteiger partial charge in [0.15, 0.2) is 0 Å². The molecular weight excluding hydrogens is 392 g/mol. The lowest BCUT2D eigenvalue weighted by Gasteiger charge is -2.39. The average molecular weight is 421 g/mol. The number of anilines is 2. The van der Waals surface area contributed by atoms with Gasteiger partial charge in [-0.3, -0.25) is 24.3 Å². The summed E-state index contributed by atoms with van der Waals surface area (Å²) in [5, 5.41) is 2.85. The molecule has 2 aromatic rings. The Bertz CT molecular complexity index is 1000. The van der Waals surface area contributed by atoms with Gasteiger partial charge < -0.3 is 10.1 Å². The van der Waals surface area contributed by atoms with Gasteiger partial charge in [0, 0.05) is 39.1 Å². The summed E-state index contributed by atoms with van der Waals surface area (Å²) in [6.07, 6.45) is 0.994. The molecule has 1 N–H and O–H groups in total. The maximum absolute atomic E-state index is 13.3. The molecule has 0 saturated carbocycles. The van der Waals surface area contributed by atoms with Crippen molar-refractivity contribution >= 4 is 23.2 Å². The summed E-state index contributed by atoms with van der Waals surface area (Å²) >= 11 is 0. The molecule has 1 fully saturated rings. The second-order valence-electron chi connectivity index (χ2n) is 8.52. The summed E-state index contributed by atoms with van der Waals surface area (Å²) in [5.74, 6) is 0.854. The molecule has 2 aromatic carbocycles. The zero-order chi connectivity index (χ0) is 21.4. The van der Waals surface area contributed by atoms with Crippen LogP contribution in [0.4, 0.5) is 11.4 Å². The van der Waals surface area contributed by atoms with Crippen LogP contribution in [0.5, 0.6) is 5.75 Å². The van der Waals surface area contributed by atoms with Gasteiger partial charge in [0.1, 0.15) is 12.3 Å². The van der Waals surface area contributed by atoms with Crippen molar-refractivity contribution in [2.45, 2.75) is 25.9 Å². The number of carbonyl (C=O) groups is 2. The maximum Gasteiger partial charge on any atom is 0.244 e. The largest absolute Gasteiger partial charge is 0.493 e. The van der Waals surface area contributed by atoms with Gasteiger partial charge >= 0.3 is 0 Å². The SMILES string of the molecule is CC(C(=O)N1CC(=O)Nc2ccccc21)N1CCN(Cc2ccc3c(c2)CCO3)CC1. The first-order chi connectivity index (χ1) is 15.1. The molecule has 0 aromatic heterocycles. The molecule has 162 valence electrons. The van der Waals surface area contributed by atoms with Gasteiger partial charge in [0.05, 0.1) is 24.0 Å². The molecule has 0 bridgehead atoms. The summed E-state index contributed by atoms with van der Waals surface area (Å²) in [6.45, 7) is 7.24. The Hall–Kier alpha value is -2.90. The third-order valence-corrected chi connectivity index (χ3v) is 6.51. The highest BCUT2D eigenvalue weighted by Gasteiger charge is 2.33. The van der Waals surface area contributed by atoms with Crippen molar-refractivity contribution in [2.24, 2.45) is 0 Å². The predicted molar refractivity (Wildman–Crippen MR) is 119 cm³/mol. The number of para-hydroxylation sites is 2. The van der Waals surface area contributed by atoms with Crippen LogP contribution in [-0.4, -0.2) is 67.0 Å². The lowest BCUT2D eigenvalue weighted by atomic mass is 10.1. The normalized spacial score (nSPS) is 19.9. The molecular formula is C24H28N4O3. The molecule has 5 rings (SSSR count). The van der Waals surface area contributed by atoms with Crippen LogP contribution in [-0.2, 0) is 22.6 Å². The molecule has 3 heterocycles. The number of ether oxygens (including phenoxy) is 1. The van der Waals surface area contributed by atoms with Crippen molar-refractivity contribution in [1.29, 1.82) is 0 Å². The van der Waals surface area contributed by atoms with Gasteiger partial charge in [-0.2, -0.15) is 0 Å². The van der Waals surface area contributed by atoms with Crippen LogP contribution < -0.4 is 15.0 Å². The second kappa shape index (κ2) is 8.32. The molecule has 31 heavy (non-hydrogen) atoms. The fourth-order valence-corrected chi connectivity index (χ4v) is 4.72. The van der Waals surface area contributed by atoms with Crippen LogP contribution in [0.1, 0.15) is 18.1 Å². The predicted octanol–water partition coefficient (Wildman–Crippen LogP) is 2.11. The molecule has 7 heteroatoms. The Kier molecular flexibility index (Phi) is 5.38. The maximum atomic E-state index is 13.3. The number of piperazine rings is 1. The van der Waals surface area contributed by atoms with Gasteiger partial charge in [-0.1, -0.05) is 24.3 Å². The van der Waals surface area contributed by atoms with Crippen LogP contribution >= 0.6 is 0 Å². The van der Waals surface area contributed by atoms with Gasteiger partial charge in [0.2, 0.25) is 11.8 Å². The zero-order valence-electron chi connectivity index (χ0n) is 17.8. The highest BCUT2D eigenvalue weighted by Crippen LogP contribution is 2.30. The van der Waals surface area contributed by atoms with Crippen molar-refractivity contribution in [3.8, 4) is 5.75 Å². The Morgan fingerprint density at radius 2 is 1.94 bits per heavy atom. The number of hydrogen-bond acceptors (Lipinski definition) is 5. The van der Waals surface area contributed by atoms with Gasteiger partial charge in [-0.15, -0.1) is 0 Å². The summed E-state index contributed by atoms with van der Waals surface area (Å²) in [5.41, 5.74) is 4.10. The van der Waals surface area contributed by atoms with E-state index in [2.05, 4.69) is 33.3 Å². The summed E-state index contributed by atoms with van der Waals surface area (Å²) in [4.78, 5) is 31.6. The number of rotatable bonds is 4. The molecule has 0 radical (unpaired) electrons. The minimum Gasteiger partial charge on any atom is -0.493 e. The second-order valence-corrected chi connectivity index (χ2v) is 8.52. The molecule has 1 atom stereocenters. The lowest BCUT2D eigenvalue weighted by Crippen LogP contribution is -2.56. The first-order valence-corrected chi connectivity index (χ1v) is 11.0. The minimum absolute atomic E-state index is 0.0191. The van der Waals surface area contributed by atoms with E-state index in [9.17, 15) is 9.59 Å². The molecule has 2 amide bonds. The topological polar surface area (TPSA) is 65.1 Å². The standard InChI is InChI=1S/C24H28N4O3/c1-17(24(30)28-16-23(29)25-20-4-2-3-5-21(20)28)27-11-9-26(10-12-27)15-18-6-7-22-19(14-18)8-13-31-22/h2-7,14,17H,8-13,15-16H2,1H3,(H,25,29). The number of nitrogens with zero attached hydrogens (tertiary/aromatic N) is 3. The molecule has 0 aliphatic carbocycles. The Labute approximate surface area is 182 Å². The fraction of sp³-hybridized carbons (Fsp3) is 0.417. The Balaban J connectivity index is 1.20. The van der Waals surface area contributed by atoms with E-state index in [0.29, 0.717) is 5.69 Å². The molecule has 7 nitrogen and oxygen atoms in total. The number of nitrogens with one attached hydrogen (secondary N) is 1. The number of benzene rings is 2. The summed E-state index contributed by atoms with van der Waals surface area (Å²) in [7, 11) is 0. The fourth-order valence-electron chi connectivity index (χ4n) is 4.72. The highest BCUT2D eigenvalue weighted by molar-refractivity contribution is 6.11. The van der Waals surface area contributed by atoms with Crippen molar-refractivity contribution in [1.82, 2.24) is 9.80 Å². The van der Waals surface area contributed by atoms with Crippen molar-refractivity contribution in [3.63, 3.8) is 0 Å². The zero-order valence-corrected chi connectivity index (χ0v) is 17.8. The quantitative estimate of drug-likeness (QED) is 0.821. The Morgan fingerprint density at radius 1 is 1.13 bits per heavy atom. The lowest BCUT2D eigenvalue weighted by molar-refractivity contribution is -0.126.